The van der Waals surface area contributed by atoms with E-state index >= 15 is 0 Å². The third-order valence-electron chi connectivity index (χ3n) is 8.29. The topological polar surface area (TPSA) is 117 Å². The molecule has 1 heterocycles. The van der Waals surface area contributed by atoms with Crippen LogP contribution in [0.3, 0.4) is 0 Å². The van der Waals surface area contributed by atoms with Gasteiger partial charge in [0.05, 0.1) is 23.6 Å². The molecule has 0 radical (unpaired) electrons. The Morgan fingerprint density at radius 2 is 1.80 bits per heavy atom. The molecule has 8 nitrogen and oxygen atoms in total. The van der Waals surface area contributed by atoms with E-state index in [1.165, 1.54) is 12.8 Å². The summed E-state index contributed by atoms with van der Waals surface area (Å²) in [6, 6.07) is 14.8. The summed E-state index contributed by atoms with van der Waals surface area (Å²) in [6.45, 7) is 5.79. The van der Waals surface area contributed by atoms with Gasteiger partial charge in [0.25, 0.3) is 5.91 Å². The number of hydrogen-bond acceptors (Lipinski definition) is 7. The molecule has 0 spiro atoms. The number of rotatable bonds is 13. The summed E-state index contributed by atoms with van der Waals surface area (Å²) < 4.78 is 23.1. The normalized spacial score (nSPS) is 20.5. The molecular formula is C31H48N4O4S. The Labute approximate surface area is 241 Å². The fourth-order valence-electron chi connectivity index (χ4n) is 6.21. The van der Waals surface area contributed by atoms with Crippen molar-refractivity contribution in [3.63, 3.8) is 0 Å². The Hall–Kier alpha value is -2.30. The maximum atomic E-state index is 13.7. The first-order chi connectivity index (χ1) is 19.2. The summed E-state index contributed by atoms with van der Waals surface area (Å²) in [7, 11) is -2.93. The van der Waals surface area contributed by atoms with Gasteiger partial charge in [-0.3, -0.25) is 18.2 Å². The maximum Gasteiger partial charge on any atom is 0.251 e. The molecule has 2 atom stereocenters. The molecule has 2 aliphatic rings. The zero-order valence-corrected chi connectivity index (χ0v) is 24.9. The second-order valence-corrected chi connectivity index (χ2v) is 13.5. The Balaban J connectivity index is 1.56. The van der Waals surface area contributed by atoms with Crippen molar-refractivity contribution in [2.45, 2.75) is 89.3 Å². The molecule has 1 aliphatic heterocycles. The third kappa shape index (κ3) is 7.91. The Morgan fingerprint density at radius 3 is 2.48 bits per heavy atom. The van der Waals surface area contributed by atoms with Crippen molar-refractivity contribution in [2.24, 2.45) is 0 Å². The molecule has 1 saturated carbocycles. The van der Waals surface area contributed by atoms with E-state index < -0.39 is 22.9 Å². The number of β-amino-alcohol motifs (C(OH)–C–C–N with tert-alkyl or cyclic N) is 1. The summed E-state index contributed by atoms with van der Waals surface area (Å²) in [5.74, 6) is 0.0382. The van der Waals surface area contributed by atoms with Gasteiger partial charge in [0.15, 0.2) is 0 Å². The molecule has 0 unspecified atom stereocenters. The van der Waals surface area contributed by atoms with Gasteiger partial charge >= 0.3 is 0 Å². The summed E-state index contributed by atoms with van der Waals surface area (Å²) in [6.07, 6.45) is 8.21. The van der Waals surface area contributed by atoms with Crippen molar-refractivity contribution in [2.75, 3.05) is 35.0 Å². The lowest BCUT2D eigenvalue weighted by atomic mass is 9.91. The number of anilines is 2. The molecule has 1 aliphatic carbocycles. The summed E-state index contributed by atoms with van der Waals surface area (Å²) in [5, 5.41) is 21.5. The predicted molar refractivity (Wildman–Crippen MR) is 166 cm³/mol. The van der Waals surface area contributed by atoms with Crippen LogP contribution in [0.4, 0.5) is 11.4 Å². The van der Waals surface area contributed by atoms with Gasteiger partial charge in [-0.15, -0.1) is 10.8 Å². The van der Waals surface area contributed by atoms with Crippen LogP contribution in [-0.4, -0.2) is 63.2 Å². The summed E-state index contributed by atoms with van der Waals surface area (Å²) in [5.41, 5.74) is 2.90. The largest absolute Gasteiger partial charge is 0.390 e. The molecule has 2 aromatic carbocycles. The molecule has 1 saturated heterocycles. The van der Waals surface area contributed by atoms with Crippen LogP contribution >= 0.6 is 10.8 Å². The van der Waals surface area contributed by atoms with Crippen LogP contribution in [0.1, 0.15) is 81.1 Å². The van der Waals surface area contributed by atoms with Crippen molar-refractivity contribution in [3.05, 3.63) is 59.7 Å². The van der Waals surface area contributed by atoms with Crippen LogP contribution in [0.2, 0.25) is 0 Å². The highest BCUT2D eigenvalue weighted by atomic mass is 32.3. The Bertz CT molecular complexity index is 1090. The first-order valence-corrected chi connectivity index (χ1v) is 16.6. The van der Waals surface area contributed by atoms with E-state index in [2.05, 4.69) is 22.9 Å². The van der Waals surface area contributed by atoms with Crippen molar-refractivity contribution in [1.29, 1.82) is 0 Å². The van der Waals surface area contributed by atoms with E-state index in [0.29, 0.717) is 43.1 Å². The molecule has 222 valence electrons. The standard InChI is InChI=1S/C31H48N4O4S/c1-3-14-31(15-8-9-16-31)33-23-29(36)28(19-24-12-6-5-7-13-24)34-30(37)25-20-26(32-4-2)22-27(21-25)35-17-10-11-18-40(35,38)39/h5-7,12-13,20-22,28-29,32-33,36,38-39H,3-4,8-11,14-19,23H2,1-2H3,(H,34,37)/t28-,29-/m0/s1. The van der Waals surface area contributed by atoms with Crippen LogP contribution in [0, 0.1) is 0 Å². The highest BCUT2D eigenvalue weighted by Gasteiger charge is 2.34. The van der Waals surface area contributed by atoms with Gasteiger partial charge in [-0.25, -0.2) is 0 Å². The average molecular weight is 573 g/mol. The predicted octanol–water partition coefficient (Wildman–Crippen LogP) is 5.79. The van der Waals surface area contributed by atoms with Gasteiger partial charge < -0.3 is 21.1 Å². The van der Waals surface area contributed by atoms with Crippen LogP contribution in [-0.2, 0) is 6.42 Å². The fraction of sp³-hybridized carbons (Fsp3) is 0.581. The highest BCUT2D eigenvalue weighted by molar-refractivity contribution is 8.25. The number of nitrogens with zero attached hydrogens (tertiary/aromatic N) is 1. The molecule has 2 fully saturated rings. The lowest BCUT2D eigenvalue weighted by Gasteiger charge is -2.47. The SMILES string of the molecule is CCCC1(NC[C@H](O)[C@H](Cc2ccccc2)NC(=O)c2cc(NCC)cc(N3CCCCS3(O)O)c2)CCCC1. The molecule has 6 N–H and O–H groups in total. The van der Waals surface area contributed by atoms with Gasteiger partial charge in [-0.2, -0.15) is 0 Å². The lowest BCUT2D eigenvalue weighted by molar-refractivity contribution is 0.0805. The number of carbonyl (C=O) groups is 1. The van der Waals surface area contributed by atoms with Gasteiger partial charge in [-0.05, 0) is 69.2 Å². The van der Waals surface area contributed by atoms with E-state index in [1.54, 1.807) is 16.4 Å². The minimum Gasteiger partial charge on any atom is -0.390 e. The van der Waals surface area contributed by atoms with E-state index in [-0.39, 0.29) is 11.4 Å². The maximum absolute atomic E-state index is 13.7. The number of benzene rings is 2. The smallest absolute Gasteiger partial charge is 0.251 e. The second-order valence-electron chi connectivity index (χ2n) is 11.4. The van der Waals surface area contributed by atoms with Crippen LogP contribution in [0.5, 0.6) is 0 Å². The minimum atomic E-state index is -2.93. The van der Waals surface area contributed by atoms with E-state index in [1.807, 2.05) is 43.3 Å². The molecule has 40 heavy (non-hydrogen) atoms. The van der Waals surface area contributed by atoms with Crippen molar-refractivity contribution in [1.82, 2.24) is 10.6 Å². The first kappa shape index (κ1) is 30.7. The molecule has 2 aromatic rings. The van der Waals surface area contributed by atoms with E-state index in [4.69, 9.17) is 0 Å². The molecular weight excluding hydrogens is 524 g/mol. The van der Waals surface area contributed by atoms with Gasteiger partial charge in [0.2, 0.25) is 0 Å². The molecule has 0 bridgehead atoms. The quantitative estimate of drug-likeness (QED) is 0.180. The van der Waals surface area contributed by atoms with Crippen LogP contribution in [0.25, 0.3) is 0 Å². The second kappa shape index (κ2) is 14.0. The number of aliphatic hydroxyl groups excluding tert-OH is 1. The summed E-state index contributed by atoms with van der Waals surface area (Å²) in [4.78, 5) is 13.7. The van der Waals surface area contributed by atoms with E-state index in [0.717, 1.165) is 49.8 Å². The van der Waals surface area contributed by atoms with Crippen molar-refractivity contribution >= 4 is 28.1 Å². The third-order valence-corrected chi connectivity index (χ3v) is 10.2. The number of aliphatic hydroxyl groups is 1. The number of carbonyl (C=O) groups excluding carboxylic acids is 1. The van der Waals surface area contributed by atoms with Crippen molar-refractivity contribution < 1.29 is 19.0 Å². The summed E-state index contributed by atoms with van der Waals surface area (Å²) >= 11 is 0. The molecule has 9 heteroatoms. The minimum absolute atomic E-state index is 0.0734. The Morgan fingerprint density at radius 1 is 1.05 bits per heavy atom. The van der Waals surface area contributed by atoms with Gasteiger partial charge in [-0.1, -0.05) is 56.5 Å². The molecule has 4 rings (SSSR count). The molecule has 0 aromatic heterocycles. The number of nitrogens with one attached hydrogen (secondary N) is 3. The van der Waals surface area contributed by atoms with Crippen LogP contribution < -0.4 is 20.3 Å². The molecule has 1 amide bonds. The zero-order chi connectivity index (χ0) is 28.6. The van der Waals surface area contributed by atoms with Gasteiger partial charge in [0.1, 0.15) is 0 Å². The zero-order valence-electron chi connectivity index (χ0n) is 24.1. The average Bonchev–Trinajstić information content (AvgIpc) is 3.40. The van der Waals surface area contributed by atoms with Crippen LogP contribution in [0.15, 0.2) is 48.5 Å². The Kier molecular flexibility index (Phi) is 10.8. The number of amides is 1. The first-order valence-electron chi connectivity index (χ1n) is 15.0. The van der Waals surface area contributed by atoms with E-state index in [9.17, 15) is 19.0 Å². The highest BCUT2D eigenvalue weighted by Crippen LogP contribution is 2.50. The monoisotopic (exact) mass is 572 g/mol. The fourth-order valence-corrected chi connectivity index (χ4v) is 7.89. The van der Waals surface area contributed by atoms with Crippen molar-refractivity contribution in [3.8, 4) is 0 Å². The lowest BCUT2D eigenvalue weighted by Crippen LogP contribution is -2.53. The van der Waals surface area contributed by atoms with Gasteiger partial charge in [0, 0.05) is 36.4 Å². The number of hydrogen-bond donors (Lipinski definition) is 6.